The van der Waals surface area contributed by atoms with E-state index in [1.807, 2.05) is 26.0 Å². The highest BCUT2D eigenvalue weighted by Crippen LogP contribution is 2.32. The molecule has 0 spiro atoms. The zero-order valence-corrected chi connectivity index (χ0v) is 19.6. The lowest BCUT2D eigenvalue weighted by Crippen LogP contribution is -2.22. The van der Waals surface area contributed by atoms with Crippen molar-refractivity contribution < 1.29 is 22.6 Å². The molecule has 5 nitrogen and oxygen atoms in total. The molecule has 1 heterocycles. The first-order valence-electron chi connectivity index (χ1n) is 10.7. The molecule has 180 valence electrons. The van der Waals surface area contributed by atoms with Gasteiger partial charge in [0.15, 0.2) is 11.5 Å². The highest BCUT2D eigenvalue weighted by molar-refractivity contribution is 5.84. The summed E-state index contributed by atoms with van der Waals surface area (Å²) in [5, 5.41) is 0.317. The lowest BCUT2D eigenvalue weighted by atomic mass is 10.1. The number of fused-ring (bicyclic) bond motifs is 1. The molecule has 4 rings (SSSR count). The third-order valence-electron chi connectivity index (χ3n) is 5.79. The standard InChI is InChI=1S/C27H23F3N2O3/c1-16-8-10-20(12-17(16)2)32-25(11-9-18-6-5-7-19(13-18)27(28,29)30)31-22-15-24(35-4)23(34-3)14-21(22)26(32)33/h5-15H,1-4H3. The lowest BCUT2D eigenvalue weighted by molar-refractivity contribution is -0.137. The Hall–Kier alpha value is -4.07. The van der Waals surface area contributed by atoms with Gasteiger partial charge < -0.3 is 9.47 Å². The quantitative estimate of drug-likeness (QED) is 0.341. The van der Waals surface area contributed by atoms with E-state index in [0.717, 1.165) is 23.3 Å². The Kier molecular flexibility index (Phi) is 6.39. The number of aryl methyl sites for hydroxylation is 2. The van der Waals surface area contributed by atoms with Crippen molar-refractivity contribution in [1.82, 2.24) is 9.55 Å². The van der Waals surface area contributed by atoms with Crippen LogP contribution in [0, 0.1) is 13.8 Å². The number of ether oxygens (including phenoxy) is 2. The summed E-state index contributed by atoms with van der Waals surface area (Å²) in [6.07, 6.45) is -1.43. The van der Waals surface area contributed by atoms with Crippen LogP contribution in [-0.2, 0) is 6.18 Å². The van der Waals surface area contributed by atoms with Gasteiger partial charge in [0, 0.05) is 6.07 Å². The second-order valence-electron chi connectivity index (χ2n) is 8.06. The smallest absolute Gasteiger partial charge is 0.416 e. The average molecular weight is 480 g/mol. The van der Waals surface area contributed by atoms with Gasteiger partial charge in [-0.1, -0.05) is 24.3 Å². The van der Waals surface area contributed by atoms with Gasteiger partial charge in [-0.3, -0.25) is 9.36 Å². The van der Waals surface area contributed by atoms with Crippen LogP contribution in [0.3, 0.4) is 0 Å². The SMILES string of the molecule is COc1cc2nc(C=Cc3cccc(C(F)(F)F)c3)n(-c3ccc(C)c(C)c3)c(=O)c2cc1OC. The third-order valence-corrected chi connectivity index (χ3v) is 5.79. The van der Waals surface area contributed by atoms with Crippen LogP contribution in [0.1, 0.15) is 28.1 Å². The molecule has 0 bridgehead atoms. The average Bonchev–Trinajstić information content (AvgIpc) is 2.83. The van der Waals surface area contributed by atoms with Crippen molar-refractivity contribution in [3.8, 4) is 17.2 Å². The lowest BCUT2D eigenvalue weighted by Gasteiger charge is -2.15. The normalized spacial score (nSPS) is 11.9. The molecule has 0 atom stereocenters. The molecule has 0 aliphatic rings. The van der Waals surface area contributed by atoms with E-state index in [0.29, 0.717) is 33.7 Å². The number of alkyl halides is 3. The number of aromatic nitrogens is 2. The molecule has 0 fully saturated rings. The van der Waals surface area contributed by atoms with E-state index in [4.69, 9.17) is 9.47 Å². The molecule has 0 radical (unpaired) electrons. The number of halogens is 3. The highest BCUT2D eigenvalue weighted by Gasteiger charge is 2.30. The summed E-state index contributed by atoms with van der Waals surface area (Å²) in [6, 6.07) is 13.7. The molecular formula is C27H23F3N2O3. The maximum Gasteiger partial charge on any atom is 0.416 e. The Balaban J connectivity index is 1.96. The van der Waals surface area contributed by atoms with E-state index in [1.54, 1.807) is 24.3 Å². The summed E-state index contributed by atoms with van der Waals surface area (Å²) in [4.78, 5) is 18.3. The zero-order chi connectivity index (χ0) is 25.3. The molecular weight excluding hydrogens is 457 g/mol. The van der Waals surface area contributed by atoms with Gasteiger partial charge in [-0.25, -0.2) is 4.98 Å². The Labute approximate surface area is 200 Å². The molecule has 3 aromatic carbocycles. The minimum atomic E-state index is -4.46. The second kappa shape index (κ2) is 9.29. The van der Waals surface area contributed by atoms with Crippen molar-refractivity contribution in [1.29, 1.82) is 0 Å². The number of rotatable bonds is 5. The van der Waals surface area contributed by atoms with Crippen LogP contribution >= 0.6 is 0 Å². The summed E-state index contributed by atoms with van der Waals surface area (Å²) in [6.45, 7) is 3.90. The summed E-state index contributed by atoms with van der Waals surface area (Å²) in [5.74, 6) is 1.05. The van der Waals surface area contributed by atoms with Crippen LogP contribution < -0.4 is 15.0 Å². The van der Waals surface area contributed by atoms with Gasteiger partial charge >= 0.3 is 6.18 Å². The number of nitrogens with zero attached hydrogens (tertiary/aromatic N) is 2. The largest absolute Gasteiger partial charge is 0.493 e. The van der Waals surface area contributed by atoms with Gasteiger partial charge in [0.1, 0.15) is 5.82 Å². The molecule has 35 heavy (non-hydrogen) atoms. The monoisotopic (exact) mass is 480 g/mol. The maximum absolute atomic E-state index is 13.7. The number of hydrogen-bond donors (Lipinski definition) is 0. The van der Waals surface area contributed by atoms with Crippen LogP contribution in [0.5, 0.6) is 11.5 Å². The van der Waals surface area contributed by atoms with Crippen molar-refractivity contribution >= 4 is 23.1 Å². The summed E-state index contributed by atoms with van der Waals surface area (Å²) in [7, 11) is 2.96. The molecule has 0 amide bonds. The van der Waals surface area contributed by atoms with E-state index in [1.165, 1.54) is 37.0 Å². The predicted octanol–water partition coefficient (Wildman–Crippen LogP) is 6.21. The van der Waals surface area contributed by atoms with Crippen LogP contribution in [0.25, 0.3) is 28.7 Å². The fraction of sp³-hybridized carbons (Fsp3) is 0.185. The molecule has 0 unspecified atom stereocenters. The van der Waals surface area contributed by atoms with E-state index < -0.39 is 11.7 Å². The second-order valence-corrected chi connectivity index (χ2v) is 8.06. The number of methoxy groups -OCH3 is 2. The molecule has 0 saturated heterocycles. The molecule has 4 aromatic rings. The van der Waals surface area contributed by atoms with Gasteiger partial charge in [0.05, 0.1) is 36.4 Å². The molecule has 0 aliphatic carbocycles. The van der Waals surface area contributed by atoms with Crippen LogP contribution in [0.4, 0.5) is 13.2 Å². The van der Waals surface area contributed by atoms with Crippen molar-refractivity contribution in [3.05, 3.63) is 93.0 Å². The summed E-state index contributed by atoms with van der Waals surface area (Å²) >= 11 is 0. The first-order chi connectivity index (χ1) is 16.6. The van der Waals surface area contributed by atoms with Gasteiger partial charge in [-0.05, 0) is 66.9 Å². The number of benzene rings is 3. The van der Waals surface area contributed by atoms with Crippen LogP contribution in [-0.4, -0.2) is 23.8 Å². The van der Waals surface area contributed by atoms with Crippen molar-refractivity contribution in [2.45, 2.75) is 20.0 Å². The molecule has 0 N–H and O–H groups in total. The van der Waals surface area contributed by atoms with E-state index in [2.05, 4.69) is 4.98 Å². The van der Waals surface area contributed by atoms with E-state index in [9.17, 15) is 18.0 Å². The van der Waals surface area contributed by atoms with Gasteiger partial charge in [0.25, 0.3) is 5.56 Å². The Morgan fingerprint density at radius 1 is 0.886 bits per heavy atom. The zero-order valence-electron chi connectivity index (χ0n) is 19.6. The first kappa shape index (κ1) is 24.1. The van der Waals surface area contributed by atoms with E-state index in [-0.39, 0.29) is 11.4 Å². The van der Waals surface area contributed by atoms with Gasteiger partial charge in [-0.15, -0.1) is 0 Å². The minimum Gasteiger partial charge on any atom is -0.493 e. The van der Waals surface area contributed by atoms with Crippen molar-refractivity contribution in [2.24, 2.45) is 0 Å². The Bertz CT molecular complexity index is 1500. The van der Waals surface area contributed by atoms with Gasteiger partial charge in [-0.2, -0.15) is 13.2 Å². The highest BCUT2D eigenvalue weighted by atomic mass is 19.4. The topological polar surface area (TPSA) is 53.4 Å². The van der Waals surface area contributed by atoms with Crippen LogP contribution in [0.15, 0.2) is 59.4 Å². The Morgan fingerprint density at radius 2 is 1.60 bits per heavy atom. The van der Waals surface area contributed by atoms with Gasteiger partial charge in [0.2, 0.25) is 0 Å². The summed E-state index contributed by atoms with van der Waals surface area (Å²) in [5.41, 5.74) is 2.23. The molecule has 1 aromatic heterocycles. The van der Waals surface area contributed by atoms with Crippen molar-refractivity contribution in [3.63, 3.8) is 0 Å². The Morgan fingerprint density at radius 3 is 2.26 bits per heavy atom. The third kappa shape index (κ3) is 4.77. The molecule has 0 saturated carbocycles. The summed E-state index contributed by atoms with van der Waals surface area (Å²) < 4.78 is 51.6. The van der Waals surface area contributed by atoms with E-state index >= 15 is 0 Å². The van der Waals surface area contributed by atoms with Crippen LogP contribution in [0.2, 0.25) is 0 Å². The number of hydrogen-bond acceptors (Lipinski definition) is 4. The molecule has 8 heteroatoms. The first-order valence-corrected chi connectivity index (χ1v) is 10.7. The predicted molar refractivity (Wildman–Crippen MR) is 130 cm³/mol. The fourth-order valence-electron chi connectivity index (χ4n) is 3.75. The molecule has 0 aliphatic heterocycles. The minimum absolute atomic E-state index is 0.260. The maximum atomic E-state index is 13.7. The van der Waals surface area contributed by atoms with Crippen molar-refractivity contribution in [2.75, 3.05) is 14.2 Å². The fourth-order valence-corrected chi connectivity index (χ4v) is 3.75.